The molecular formula is C21H19F2N5O3S. The number of hydrogen-bond acceptors (Lipinski definition) is 7. The average Bonchev–Trinajstić information content (AvgIpc) is 3.37. The molecule has 0 spiro atoms. The number of benzene rings is 2. The second-order valence-corrected chi connectivity index (χ2v) is 8.18. The molecule has 166 valence electrons. The van der Waals surface area contributed by atoms with Gasteiger partial charge in [-0.05, 0) is 17.7 Å². The summed E-state index contributed by atoms with van der Waals surface area (Å²) >= 11 is 1.14. The predicted molar refractivity (Wildman–Crippen MR) is 114 cm³/mol. The number of ether oxygens (including phenoxy) is 2. The van der Waals surface area contributed by atoms with E-state index in [1.807, 2.05) is 30.3 Å². The van der Waals surface area contributed by atoms with Crippen molar-refractivity contribution in [2.24, 2.45) is 0 Å². The van der Waals surface area contributed by atoms with Crippen molar-refractivity contribution in [2.75, 3.05) is 31.5 Å². The quantitative estimate of drug-likeness (QED) is 0.638. The van der Waals surface area contributed by atoms with Gasteiger partial charge in [-0.3, -0.25) is 10.2 Å². The van der Waals surface area contributed by atoms with Crippen LogP contribution in [0.2, 0.25) is 0 Å². The van der Waals surface area contributed by atoms with Gasteiger partial charge in [0.1, 0.15) is 0 Å². The molecule has 2 amide bonds. The lowest BCUT2D eigenvalue weighted by Gasteiger charge is -2.34. The summed E-state index contributed by atoms with van der Waals surface area (Å²) in [6.07, 6.45) is -3.62. The van der Waals surface area contributed by atoms with E-state index in [0.717, 1.165) is 22.7 Å². The van der Waals surface area contributed by atoms with Gasteiger partial charge in [0.05, 0.1) is 0 Å². The van der Waals surface area contributed by atoms with Crippen LogP contribution in [0.15, 0.2) is 48.5 Å². The highest BCUT2D eigenvalue weighted by molar-refractivity contribution is 7.10. The molecule has 5 rings (SSSR count). The number of halogens is 2. The van der Waals surface area contributed by atoms with Gasteiger partial charge in [0.15, 0.2) is 17.3 Å². The minimum Gasteiger partial charge on any atom is -0.395 e. The predicted octanol–water partition coefficient (Wildman–Crippen LogP) is 3.88. The van der Waals surface area contributed by atoms with E-state index in [4.69, 9.17) is 0 Å². The van der Waals surface area contributed by atoms with Gasteiger partial charge in [-0.25, -0.2) is 4.79 Å². The standard InChI is InChI=1S/C21H19F2N5O3S/c22-21(23)30-16-7-6-14(12-17(16)31-21)13-27-8-10-28(11-9-27)20(29)25-19-24-18(26-32-19)15-4-2-1-3-5-15/h1-7,12H,8-11,13H2,(H,24,25,26,29). The molecule has 2 aliphatic rings. The van der Waals surface area contributed by atoms with Gasteiger partial charge < -0.3 is 14.4 Å². The van der Waals surface area contributed by atoms with Crippen molar-refractivity contribution in [3.05, 3.63) is 54.1 Å². The molecule has 2 aliphatic heterocycles. The summed E-state index contributed by atoms with van der Waals surface area (Å²) in [5.41, 5.74) is 1.73. The van der Waals surface area contributed by atoms with Crippen LogP contribution >= 0.6 is 11.5 Å². The van der Waals surface area contributed by atoms with Crippen LogP contribution in [-0.2, 0) is 6.54 Å². The number of aromatic nitrogens is 2. The molecule has 1 saturated heterocycles. The van der Waals surface area contributed by atoms with Crippen LogP contribution in [0.3, 0.4) is 0 Å². The van der Waals surface area contributed by atoms with Crippen molar-refractivity contribution < 1.29 is 23.0 Å². The third kappa shape index (κ3) is 4.48. The van der Waals surface area contributed by atoms with E-state index in [1.54, 1.807) is 17.0 Å². The van der Waals surface area contributed by atoms with Crippen LogP contribution in [0, 0.1) is 0 Å². The van der Waals surface area contributed by atoms with Crippen molar-refractivity contribution in [2.45, 2.75) is 12.8 Å². The van der Waals surface area contributed by atoms with Crippen molar-refractivity contribution >= 4 is 22.7 Å². The molecule has 0 saturated carbocycles. The molecule has 2 aromatic carbocycles. The topological polar surface area (TPSA) is 79.8 Å². The molecule has 1 fully saturated rings. The second-order valence-electron chi connectivity index (χ2n) is 7.43. The van der Waals surface area contributed by atoms with Gasteiger partial charge >= 0.3 is 12.3 Å². The van der Waals surface area contributed by atoms with Crippen LogP contribution in [0.25, 0.3) is 11.4 Å². The first kappa shape index (κ1) is 20.6. The van der Waals surface area contributed by atoms with Crippen molar-refractivity contribution in [1.82, 2.24) is 19.2 Å². The van der Waals surface area contributed by atoms with E-state index in [0.29, 0.717) is 43.7 Å². The lowest BCUT2D eigenvalue weighted by atomic mass is 10.1. The second kappa shape index (κ2) is 8.32. The highest BCUT2D eigenvalue weighted by Crippen LogP contribution is 2.41. The molecular weight excluding hydrogens is 440 g/mol. The summed E-state index contributed by atoms with van der Waals surface area (Å²) in [7, 11) is 0. The number of urea groups is 1. The van der Waals surface area contributed by atoms with Gasteiger partial charge in [0.2, 0.25) is 5.13 Å². The van der Waals surface area contributed by atoms with E-state index < -0.39 is 6.29 Å². The van der Waals surface area contributed by atoms with Crippen molar-refractivity contribution in [3.8, 4) is 22.9 Å². The molecule has 32 heavy (non-hydrogen) atoms. The average molecular weight is 459 g/mol. The van der Waals surface area contributed by atoms with Crippen LogP contribution in [0.1, 0.15) is 5.56 Å². The van der Waals surface area contributed by atoms with E-state index in [9.17, 15) is 13.6 Å². The lowest BCUT2D eigenvalue weighted by Crippen LogP contribution is -2.49. The van der Waals surface area contributed by atoms with Gasteiger partial charge in [-0.15, -0.1) is 8.78 Å². The zero-order valence-corrected chi connectivity index (χ0v) is 17.6. The van der Waals surface area contributed by atoms with Crippen molar-refractivity contribution in [3.63, 3.8) is 0 Å². The third-order valence-electron chi connectivity index (χ3n) is 5.20. The number of hydrogen-bond donors (Lipinski definition) is 1. The number of piperazine rings is 1. The number of carbonyl (C=O) groups excluding carboxylic acids is 1. The zero-order chi connectivity index (χ0) is 22.1. The van der Waals surface area contributed by atoms with Gasteiger partial charge in [-0.1, -0.05) is 36.4 Å². The Hall–Kier alpha value is -3.31. The van der Waals surface area contributed by atoms with Crippen molar-refractivity contribution in [1.29, 1.82) is 0 Å². The Balaban J connectivity index is 1.13. The number of nitrogens with zero attached hydrogens (tertiary/aromatic N) is 4. The SMILES string of the molecule is O=C(Nc1nc(-c2ccccc2)ns1)N1CCN(Cc2ccc3c(c2)OC(F)(F)O3)CC1. The largest absolute Gasteiger partial charge is 0.586 e. The Bertz CT molecular complexity index is 1120. The van der Waals surface area contributed by atoms with Crippen LogP contribution in [-0.4, -0.2) is 57.7 Å². The van der Waals surface area contributed by atoms with Crippen LogP contribution < -0.4 is 14.8 Å². The first-order chi connectivity index (χ1) is 15.4. The fourth-order valence-corrected chi connectivity index (χ4v) is 4.19. The molecule has 0 atom stereocenters. The Labute approximate surface area is 186 Å². The molecule has 1 aromatic heterocycles. The first-order valence-corrected chi connectivity index (χ1v) is 10.8. The van der Waals surface area contributed by atoms with Gasteiger partial charge in [0.25, 0.3) is 0 Å². The molecule has 1 N–H and O–H groups in total. The van der Waals surface area contributed by atoms with Crippen LogP contribution in [0.5, 0.6) is 11.5 Å². The molecule has 0 aliphatic carbocycles. The van der Waals surface area contributed by atoms with Crippen LogP contribution in [0.4, 0.5) is 18.7 Å². The molecule has 3 heterocycles. The van der Waals surface area contributed by atoms with Gasteiger partial charge in [0, 0.05) is 49.8 Å². The smallest absolute Gasteiger partial charge is 0.395 e. The minimum atomic E-state index is -3.62. The molecule has 11 heteroatoms. The number of rotatable bonds is 4. The molecule has 0 unspecified atom stereocenters. The first-order valence-electron chi connectivity index (χ1n) is 10.0. The fourth-order valence-electron chi connectivity index (χ4n) is 3.61. The summed E-state index contributed by atoms with van der Waals surface area (Å²) in [6.45, 7) is 2.96. The maximum Gasteiger partial charge on any atom is 0.586 e. The maximum absolute atomic E-state index is 13.2. The monoisotopic (exact) mass is 459 g/mol. The molecule has 0 radical (unpaired) electrons. The van der Waals surface area contributed by atoms with E-state index >= 15 is 0 Å². The number of nitrogens with one attached hydrogen (secondary N) is 1. The Morgan fingerprint density at radius 2 is 1.81 bits per heavy atom. The highest BCUT2D eigenvalue weighted by atomic mass is 32.1. The minimum absolute atomic E-state index is 0.0346. The lowest BCUT2D eigenvalue weighted by molar-refractivity contribution is -0.286. The third-order valence-corrected chi connectivity index (χ3v) is 5.83. The summed E-state index contributed by atoms with van der Waals surface area (Å²) < 4.78 is 39.6. The zero-order valence-electron chi connectivity index (χ0n) is 16.8. The van der Waals surface area contributed by atoms with E-state index in [2.05, 4.69) is 29.0 Å². The number of alkyl halides is 2. The number of amides is 2. The Morgan fingerprint density at radius 3 is 2.59 bits per heavy atom. The van der Waals surface area contributed by atoms with E-state index in [-0.39, 0.29) is 17.5 Å². The number of anilines is 1. The summed E-state index contributed by atoms with van der Waals surface area (Å²) in [5.74, 6) is 0.655. The highest BCUT2D eigenvalue weighted by Gasteiger charge is 2.43. The number of carbonyl (C=O) groups is 1. The van der Waals surface area contributed by atoms with Gasteiger partial charge in [-0.2, -0.15) is 9.36 Å². The summed E-state index contributed by atoms with van der Waals surface area (Å²) in [6, 6.07) is 14.1. The molecule has 3 aromatic rings. The normalized spacial score (nSPS) is 17.4. The Morgan fingerprint density at radius 1 is 1.06 bits per heavy atom. The number of fused-ring (bicyclic) bond motifs is 1. The summed E-state index contributed by atoms with van der Waals surface area (Å²) in [5, 5.41) is 3.27. The fraction of sp³-hybridized carbons (Fsp3) is 0.286. The van der Waals surface area contributed by atoms with E-state index in [1.165, 1.54) is 6.07 Å². The Kier molecular flexibility index (Phi) is 5.35. The molecule has 8 nitrogen and oxygen atoms in total. The molecule has 0 bridgehead atoms. The summed E-state index contributed by atoms with van der Waals surface area (Å²) in [4.78, 5) is 20.9. The maximum atomic E-state index is 13.2.